The van der Waals surface area contributed by atoms with Gasteiger partial charge in [-0.2, -0.15) is 0 Å². The molecule has 28 heavy (non-hydrogen) atoms. The van der Waals surface area contributed by atoms with E-state index in [1.54, 1.807) is 11.3 Å². The number of nitrogens with two attached hydrogens (primary N) is 1. The van der Waals surface area contributed by atoms with Crippen LogP contribution in [0.2, 0.25) is 0 Å². The molecule has 2 N–H and O–H groups in total. The summed E-state index contributed by atoms with van der Waals surface area (Å²) in [6, 6.07) is 3.47. The minimum absolute atomic E-state index is 0.105. The van der Waals surface area contributed by atoms with Crippen molar-refractivity contribution < 1.29 is 14.4 Å². The highest BCUT2D eigenvalue weighted by atomic mass is 32.1. The molecule has 8 heteroatoms. The molecule has 4 heterocycles. The highest BCUT2D eigenvalue weighted by Crippen LogP contribution is 2.34. The summed E-state index contributed by atoms with van der Waals surface area (Å²) in [6.45, 7) is 3.43. The van der Waals surface area contributed by atoms with E-state index in [9.17, 15) is 14.4 Å². The average molecular weight is 405 g/mol. The van der Waals surface area contributed by atoms with Gasteiger partial charge in [-0.1, -0.05) is 12.5 Å². The van der Waals surface area contributed by atoms with Gasteiger partial charge in [-0.05, 0) is 50.2 Å². The molecular weight excluding hydrogens is 376 g/mol. The normalized spacial score (nSPS) is 26.7. The van der Waals surface area contributed by atoms with E-state index < -0.39 is 11.6 Å². The molecule has 7 nitrogen and oxygen atoms in total. The first kappa shape index (κ1) is 19.5. The lowest BCUT2D eigenvalue weighted by Crippen LogP contribution is -2.64. The smallest absolute Gasteiger partial charge is 0.247 e. The van der Waals surface area contributed by atoms with Gasteiger partial charge in [0.25, 0.3) is 0 Å². The summed E-state index contributed by atoms with van der Waals surface area (Å²) >= 11 is 1.55. The molecule has 0 radical (unpaired) electrons. The van der Waals surface area contributed by atoms with E-state index in [1.165, 1.54) is 11.3 Å². The zero-order chi connectivity index (χ0) is 19.7. The second-order valence-corrected chi connectivity index (χ2v) is 9.13. The third-order valence-electron chi connectivity index (χ3n) is 6.60. The Labute approximate surface area is 169 Å². The molecule has 3 amide bonds. The zero-order valence-corrected chi connectivity index (χ0v) is 17.0. The Morgan fingerprint density at radius 2 is 1.86 bits per heavy atom. The van der Waals surface area contributed by atoms with Crippen molar-refractivity contribution in [3.63, 3.8) is 0 Å². The van der Waals surface area contributed by atoms with Crippen LogP contribution < -0.4 is 5.73 Å². The summed E-state index contributed by atoms with van der Waals surface area (Å²) in [5, 5.41) is 1.95. The van der Waals surface area contributed by atoms with Crippen molar-refractivity contribution in [1.29, 1.82) is 0 Å². The number of piperidine rings is 2. The summed E-state index contributed by atoms with van der Waals surface area (Å²) in [4.78, 5) is 44.5. The number of hydrogen-bond donors (Lipinski definition) is 1. The molecule has 1 aromatic rings. The van der Waals surface area contributed by atoms with Gasteiger partial charge in [-0.15, -0.1) is 11.3 Å². The maximum absolute atomic E-state index is 12.9. The van der Waals surface area contributed by atoms with Crippen molar-refractivity contribution in [1.82, 2.24) is 14.7 Å². The monoisotopic (exact) mass is 404 g/mol. The Morgan fingerprint density at radius 3 is 2.46 bits per heavy atom. The third-order valence-corrected chi connectivity index (χ3v) is 7.46. The summed E-state index contributed by atoms with van der Waals surface area (Å²) in [5.41, 5.74) is 5.25. The lowest BCUT2D eigenvalue weighted by Gasteiger charge is -2.48. The first-order valence-electron chi connectivity index (χ1n) is 10.2. The van der Waals surface area contributed by atoms with Crippen molar-refractivity contribution in [3.05, 3.63) is 22.4 Å². The number of carbonyl (C=O) groups is 3. The Kier molecular flexibility index (Phi) is 5.53. The Hall–Kier alpha value is -1.77. The van der Waals surface area contributed by atoms with E-state index in [0.29, 0.717) is 32.5 Å². The summed E-state index contributed by atoms with van der Waals surface area (Å²) in [7, 11) is 0. The van der Waals surface area contributed by atoms with Gasteiger partial charge in [0.2, 0.25) is 17.7 Å². The Morgan fingerprint density at radius 1 is 1.14 bits per heavy atom. The number of primary amides is 1. The van der Waals surface area contributed by atoms with Gasteiger partial charge in [-0.25, -0.2) is 0 Å². The Bertz CT molecular complexity index is 737. The van der Waals surface area contributed by atoms with Crippen LogP contribution in [0.25, 0.3) is 0 Å². The lowest BCUT2D eigenvalue weighted by atomic mass is 9.83. The number of hydrogen-bond acceptors (Lipinski definition) is 6. The first-order chi connectivity index (χ1) is 13.5. The van der Waals surface area contributed by atoms with Gasteiger partial charge in [0.1, 0.15) is 5.54 Å². The van der Waals surface area contributed by atoms with E-state index in [4.69, 9.17) is 5.73 Å². The van der Waals surface area contributed by atoms with Crippen LogP contribution >= 0.6 is 11.3 Å². The fraction of sp³-hybridized carbons (Fsp3) is 0.650. The molecule has 4 rings (SSSR count). The molecule has 152 valence electrons. The predicted molar refractivity (Wildman–Crippen MR) is 106 cm³/mol. The fourth-order valence-corrected chi connectivity index (χ4v) is 5.61. The molecular formula is C20H28N4O3S. The standard InChI is InChI=1S/C20H28N4O3S/c21-19(27)20(23-8-2-1-3-9-23)6-10-22(11-7-20)16-13-17(25)24(18(16)26)14-15-5-4-12-28-15/h4-5,12,16H,1-3,6-11,13-14H2,(H2,21,27)/t16-/m1/s1. The maximum atomic E-state index is 12.9. The van der Waals surface area contributed by atoms with Crippen molar-refractivity contribution in [3.8, 4) is 0 Å². The zero-order valence-electron chi connectivity index (χ0n) is 16.1. The average Bonchev–Trinajstić information content (AvgIpc) is 3.32. The molecule has 3 fully saturated rings. The van der Waals surface area contributed by atoms with E-state index in [1.807, 2.05) is 17.5 Å². The summed E-state index contributed by atoms with van der Waals surface area (Å²) < 4.78 is 0. The predicted octanol–water partition coefficient (Wildman–Crippen LogP) is 1.18. The number of nitrogens with zero attached hydrogens (tertiary/aromatic N) is 3. The summed E-state index contributed by atoms with van der Waals surface area (Å²) in [5.74, 6) is -0.462. The molecule has 1 atom stereocenters. The second-order valence-electron chi connectivity index (χ2n) is 8.10. The first-order valence-corrected chi connectivity index (χ1v) is 11.0. The molecule has 0 spiro atoms. The highest BCUT2D eigenvalue weighted by molar-refractivity contribution is 7.09. The number of rotatable bonds is 5. The van der Waals surface area contributed by atoms with E-state index in [-0.39, 0.29) is 24.1 Å². The van der Waals surface area contributed by atoms with Crippen LogP contribution in [0, 0.1) is 0 Å². The Balaban J connectivity index is 1.42. The second kappa shape index (κ2) is 7.93. The highest BCUT2D eigenvalue weighted by Gasteiger charge is 2.49. The number of likely N-dealkylation sites (tertiary alicyclic amines) is 3. The minimum atomic E-state index is -0.598. The van der Waals surface area contributed by atoms with E-state index in [0.717, 1.165) is 30.8 Å². The molecule has 3 aliphatic rings. The van der Waals surface area contributed by atoms with Crippen molar-refractivity contribution in [2.75, 3.05) is 26.2 Å². The van der Waals surface area contributed by atoms with Gasteiger partial charge in [0, 0.05) is 18.0 Å². The van der Waals surface area contributed by atoms with Crippen LogP contribution in [0.15, 0.2) is 17.5 Å². The van der Waals surface area contributed by atoms with E-state index >= 15 is 0 Å². The maximum Gasteiger partial charge on any atom is 0.247 e. The van der Waals surface area contributed by atoms with Gasteiger partial charge in [0.15, 0.2) is 0 Å². The molecule has 3 saturated heterocycles. The fourth-order valence-electron chi connectivity index (χ4n) is 4.92. The third kappa shape index (κ3) is 3.49. The van der Waals surface area contributed by atoms with Gasteiger partial charge >= 0.3 is 0 Å². The van der Waals surface area contributed by atoms with Crippen molar-refractivity contribution in [2.24, 2.45) is 5.73 Å². The number of imide groups is 1. The lowest BCUT2D eigenvalue weighted by molar-refractivity contribution is -0.141. The number of thiophene rings is 1. The number of carbonyl (C=O) groups excluding carboxylic acids is 3. The summed E-state index contributed by atoms with van der Waals surface area (Å²) in [6.07, 6.45) is 4.91. The molecule has 0 aliphatic carbocycles. The van der Waals surface area contributed by atoms with Crippen LogP contribution in [0.4, 0.5) is 0 Å². The van der Waals surface area contributed by atoms with Crippen LogP contribution in [-0.2, 0) is 20.9 Å². The largest absolute Gasteiger partial charge is 0.368 e. The van der Waals surface area contributed by atoms with Crippen LogP contribution in [-0.4, -0.2) is 70.2 Å². The minimum Gasteiger partial charge on any atom is -0.368 e. The topological polar surface area (TPSA) is 87.0 Å². The van der Waals surface area contributed by atoms with Gasteiger partial charge in [-0.3, -0.25) is 29.1 Å². The molecule has 3 aliphatic heterocycles. The molecule has 0 bridgehead atoms. The van der Waals surface area contributed by atoms with Crippen LogP contribution in [0.1, 0.15) is 43.4 Å². The molecule has 1 aromatic heterocycles. The van der Waals surface area contributed by atoms with Crippen molar-refractivity contribution >= 4 is 29.1 Å². The number of amides is 3. The molecule has 0 unspecified atom stereocenters. The van der Waals surface area contributed by atoms with Gasteiger partial charge in [0.05, 0.1) is 19.0 Å². The van der Waals surface area contributed by atoms with E-state index in [2.05, 4.69) is 9.80 Å². The quantitative estimate of drug-likeness (QED) is 0.745. The van der Waals surface area contributed by atoms with Gasteiger partial charge < -0.3 is 5.73 Å². The van der Waals surface area contributed by atoms with Crippen molar-refractivity contribution in [2.45, 2.75) is 56.7 Å². The molecule has 0 saturated carbocycles. The SMILES string of the molecule is NC(=O)C1(N2CCCCC2)CCN([C@@H]2CC(=O)N(Cc3cccs3)C2=O)CC1. The van der Waals surface area contributed by atoms with Crippen LogP contribution in [0.3, 0.4) is 0 Å². The molecule has 0 aromatic carbocycles. The van der Waals surface area contributed by atoms with Crippen LogP contribution in [0.5, 0.6) is 0 Å².